The third-order valence-corrected chi connectivity index (χ3v) is 4.52. The summed E-state index contributed by atoms with van der Waals surface area (Å²) in [6, 6.07) is 10.0. The van der Waals surface area contributed by atoms with Crippen molar-refractivity contribution in [1.29, 1.82) is 0 Å². The Labute approximate surface area is 119 Å². The molecule has 0 aliphatic carbocycles. The van der Waals surface area contributed by atoms with Crippen molar-refractivity contribution in [3.05, 3.63) is 42.1 Å². The van der Waals surface area contributed by atoms with Gasteiger partial charge in [0.2, 0.25) is 0 Å². The Hall–Kier alpha value is -1.45. The second-order valence-electron chi connectivity index (χ2n) is 6.02. The van der Waals surface area contributed by atoms with Gasteiger partial charge in [0.15, 0.2) is 0 Å². The highest BCUT2D eigenvalue weighted by molar-refractivity contribution is 5.79. The fraction of sp³-hybridized carbons (Fsp3) is 0.471. The molecule has 0 radical (unpaired) electrons. The fourth-order valence-corrected chi connectivity index (χ4v) is 3.06. The standard InChI is InChI=1S/C17H21NO2/c1-3-16(2)12-17(19,8-10-20-16)14-6-7-15-13(11-14)5-4-9-18-15/h4-7,9,11,19H,3,8,10,12H2,1-2H3. The van der Waals surface area contributed by atoms with Crippen LogP contribution in [0.15, 0.2) is 36.5 Å². The number of hydrogen-bond donors (Lipinski definition) is 1. The van der Waals surface area contributed by atoms with Crippen LogP contribution in [-0.4, -0.2) is 22.3 Å². The zero-order valence-electron chi connectivity index (χ0n) is 12.1. The van der Waals surface area contributed by atoms with Crippen molar-refractivity contribution >= 4 is 10.9 Å². The number of fused-ring (bicyclic) bond motifs is 1. The maximum absolute atomic E-state index is 11.1. The number of aromatic nitrogens is 1. The van der Waals surface area contributed by atoms with Crippen LogP contribution in [-0.2, 0) is 10.3 Å². The van der Waals surface area contributed by atoms with Crippen LogP contribution in [0.25, 0.3) is 10.9 Å². The number of ether oxygens (including phenoxy) is 1. The average molecular weight is 271 g/mol. The molecule has 3 heteroatoms. The first-order valence-electron chi connectivity index (χ1n) is 7.26. The second kappa shape index (κ2) is 4.83. The summed E-state index contributed by atoms with van der Waals surface area (Å²) in [4.78, 5) is 4.33. The molecule has 1 N–H and O–H groups in total. The van der Waals surface area contributed by atoms with E-state index >= 15 is 0 Å². The fourth-order valence-electron chi connectivity index (χ4n) is 3.06. The SMILES string of the molecule is CCC1(C)CC(O)(c2ccc3ncccc3c2)CCO1. The van der Waals surface area contributed by atoms with Crippen LogP contribution in [0.3, 0.4) is 0 Å². The lowest BCUT2D eigenvalue weighted by molar-refractivity contribution is -0.157. The van der Waals surface area contributed by atoms with Gasteiger partial charge in [-0.25, -0.2) is 0 Å². The van der Waals surface area contributed by atoms with Gasteiger partial charge in [-0.1, -0.05) is 19.1 Å². The van der Waals surface area contributed by atoms with Crippen molar-refractivity contribution in [2.24, 2.45) is 0 Å². The molecule has 1 aromatic heterocycles. The van der Waals surface area contributed by atoms with Crippen LogP contribution in [0.5, 0.6) is 0 Å². The van der Waals surface area contributed by atoms with E-state index < -0.39 is 5.60 Å². The number of pyridine rings is 1. The topological polar surface area (TPSA) is 42.4 Å². The zero-order valence-corrected chi connectivity index (χ0v) is 12.1. The molecule has 0 amide bonds. The lowest BCUT2D eigenvalue weighted by atomic mass is 9.77. The first-order valence-corrected chi connectivity index (χ1v) is 7.26. The number of hydrogen-bond acceptors (Lipinski definition) is 3. The molecule has 1 aromatic carbocycles. The summed E-state index contributed by atoms with van der Waals surface area (Å²) in [6.45, 7) is 4.79. The second-order valence-corrected chi connectivity index (χ2v) is 6.02. The van der Waals surface area contributed by atoms with Gasteiger partial charge >= 0.3 is 0 Å². The van der Waals surface area contributed by atoms with E-state index in [2.05, 4.69) is 24.9 Å². The van der Waals surface area contributed by atoms with E-state index in [1.165, 1.54) is 0 Å². The molecular formula is C17H21NO2. The molecule has 0 bridgehead atoms. The normalized spacial score (nSPS) is 30.6. The maximum Gasteiger partial charge on any atom is 0.0946 e. The van der Waals surface area contributed by atoms with Crippen LogP contribution in [0, 0.1) is 0 Å². The Morgan fingerprint density at radius 2 is 2.20 bits per heavy atom. The highest BCUT2D eigenvalue weighted by Gasteiger charge is 2.42. The summed E-state index contributed by atoms with van der Waals surface area (Å²) in [5, 5.41) is 12.1. The molecule has 1 fully saturated rings. The van der Waals surface area contributed by atoms with E-state index in [-0.39, 0.29) is 5.60 Å². The molecule has 2 heterocycles. The highest BCUT2D eigenvalue weighted by atomic mass is 16.5. The van der Waals surface area contributed by atoms with Gasteiger partial charge in [0.25, 0.3) is 0 Å². The summed E-state index contributed by atoms with van der Waals surface area (Å²) in [5.74, 6) is 0. The Balaban J connectivity index is 2.00. The van der Waals surface area contributed by atoms with Gasteiger partial charge in [-0.15, -0.1) is 0 Å². The molecule has 3 nitrogen and oxygen atoms in total. The van der Waals surface area contributed by atoms with Crippen LogP contribution in [0.2, 0.25) is 0 Å². The summed E-state index contributed by atoms with van der Waals surface area (Å²) in [7, 11) is 0. The van der Waals surface area contributed by atoms with Crippen molar-refractivity contribution in [1.82, 2.24) is 4.98 Å². The molecular weight excluding hydrogens is 250 g/mol. The minimum Gasteiger partial charge on any atom is -0.385 e. The largest absolute Gasteiger partial charge is 0.385 e. The van der Waals surface area contributed by atoms with Gasteiger partial charge in [0.05, 0.1) is 23.3 Å². The van der Waals surface area contributed by atoms with Gasteiger partial charge in [-0.3, -0.25) is 4.98 Å². The lowest BCUT2D eigenvalue weighted by Gasteiger charge is -2.43. The quantitative estimate of drug-likeness (QED) is 0.910. The van der Waals surface area contributed by atoms with Crippen molar-refractivity contribution in [3.8, 4) is 0 Å². The van der Waals surface area contributed by atoms with E-state index in [1.807, 2.05) is 24.3 Å². The third kappa shape index (κ3) is 2.32. The molecule has 2 aromatic rings. The number of nitrogens with zero attached hydrogens (tertiary/aromatic N) is 1. The van der Waals surface area contributed by atoms with Gasteiger partial charge in [0, 0.05) is 24.4 Å². The summed E-state index contributed by atoms with van der Waals surface area (Å²) in [6.07, 6.45) is 3.99. The molecule has 2 atom stereocenters. The Morgan fingerprint density at radius 1 is 1.35 bits per heavy atom. The Kier molecular flexibility index (Phi) is 3.27. The number of rotatable bonds is 2. The Bertz CT molecular complexity index is 627. The Morgan fingerprint density at radius 3 is 3.00 bits per heavy atom. The van der Waals surface area contributed by atoms with Crippen molar-refractivity contribution in [3.63, 3.8) is 0 Å². The van der Waals surface area contributed by atoms with Crippen molar-refractivity contribution in [2.75, 3.05) is 6.61 Å². The molecule has 3 rings (SSSR count). The van der Waals surface area contributed by atoms with E-state index in [4.69, 9.17) is 4.74 Å². The smallest absolute Gasteiger partial charge is 0.0946 e. The lowest BCUT2D eigenvalue weighted by Crippen LogP contribution is -2.45. The van der Waals surface area contributed by atoms with Crippen LogP contribution < -0.4 is 0 Å². The monoisotopic (exact) mass is 271 g/mol. The zero-order chi connectivity index (χ0) is 14.2. The van der Waals surface area contributed by atoms with Crippen molar-refractivity contribution in [2.45, 2.75) is 44.3 Å². The molecule has 1 aliphatic heterocycles. The van der Waals surface area contributed by atoms with Crippen LogP contribution in [0.1, 0.15) is 38.7 Å². The van der Waals surface area contributed by atoms with Crippen LogP contribution >= 0.6 is 0 Å². The molecule has 0 saturated carbocycles. The summed E-state index contributed by atoms with van der Waals surface area (Å²) < 4.78 is 5.85. The summed E-state index contributed by atoms with van der Waals surface area (Å²) >= 11 is 0. The molecule has 106 valence electrons. The predicted octanol–water partition coefficient (Wildman–Crippen LogP) is 3.40. The van der Waals surface area contributed by atoms with E-state index in [0.717, 1.165) is 22.9 Å². The van der Waals surface area contributed by atoms with Gasteiger partial charge in [0.1, 0.15) is 0 Å². The van der Waals surface area contributed by atoms with Gasteiger partial charge in [-0.2, -0.15) is 0 Å². The average Bonchev–Trinajstić information content (AvgIpc) is 2.46. The minimum absolute atomic E-state index is 0.239. The van der Waals surface area contributed by atoms with Crippen molar-refractivity contribution < 1.29 is 9.84 Å². The molecule has 1 saturated heterocycles. The van der Waals surface area contributed by atoms with E-state index in [1.54, 1.807) is 6.20 Å². The molecule has 0 spiro atoms. The molecule has 20 heavy (non-hydrogen) atoms. The molecule has 2 unspecified atom stereocenters. The van der Waals surface area contributed by atoms with Gasteiger partial charge < -0.3 is 9.84 Å². The number of aliphatic hydroxyl groups is 1. The first kappa shape index (κ1) is 13.5. The predicted molar refractivity (Wildman–Crippen MR) is 79.5 cm³/mol. The minimum atomic E-state index is -0.799. The van der Waals surface area contributed by atoms with Gasteiger partial charge in [-0.05, 0) is 37.1 Å². The van der Waals surface area contributed by atoms with E-state index in [9.17, 15) is 5.11 Å². The first-order chi connectivity index (χ1) is 9.55. The maximum atomic E-state index is 11.1. The number of benzene rings is 1. The summed E-state index contributed by atoms with van der Waals surface area (Å²) in [5.41, 5.74) is 0.898. The molecule has 1 aliphatic rings. The van der Waals surface area contributed by atoms with E-state index in [0.29, 0.717) is 19.4 Å². The van der Waals surface area contributed by atoms with Crippen LogP contribution in [0.4, 0.5) is 0 Å². The highest BCUT2D eigenvalue weighted by Crippen LogP contribution is 2.41. The third-order valence-electron chi connectivity index (χ3n) is 4.52.